The monoisotopic (exact) mass is 614 g/mol. The number of benzene rings is 3. The number of carboxylic acids is 1. The molecule has 0 saturated carbocycles. The maximum Gasteiger partial charge on any atom is 0.326 e. The molecular weight excluding hydrogens is 580 g/mol. The zero-order valence-electron chi connectivity index (χ0n) is 25.2. The molecule has 0 saturated heterocycles. The molecule has 0 bridgehead atoms. The summed E-state index contributed by atoms with van der Waals surface area (Å²) in [5.74, 6) is -1.78. The Labute approximate surface area is 259 Å². The fourth-order valence-corrected chi connectivity index (χ4v) is 4.90. The van der Waals surface area contributed by atoms with Crippen LogP contribution in [0, 0.1) is 16.0 Å². The predicted octanol–water partition coefficient (Wildman–Crippen LogP) is 5.03. The van der Waals surface area contributed by atoms with Crippen molar-refractivity contribution in [3.63, 3.8) is 0 Å². The third-order valence-electron chi connectivity index (χ3n) is 7.20. The van der Waals surface area contributed by atoms with Gasteiger partial charge in [-0.2, -0.15) is 0 Å². The van der Waals surface area contributed by atoms with E-state index in [0.29, 0.717) is 24.0 Å². The Balaban J connectivity index is 1.54. The third kappa shape index (κ3) is 8.13. The van der Waals surface area contributed by atoms with Crippen LogP contribution in [0.3, 0.4) is 0 Å². The van der Waals surface area contributed by atoms with Crippen molar-refractivity contribution in [1.29, 1.82) is 0 Å². The van der Waals surface area contributed by atoms with Crippen LogP contribution in [0.25, 0.3) is 22.5 Å². The van der Waals surface area contributed by atoms with Gasteiger partial charge in [0.15, 0.2) is 0 Å². The minimum Gasteiger partial charge on any atom is -0.480 e. The first-order chi connectivity index (χ1) is 21.6. The molecule has 1 N–H and O–H groups in total. The minimum absolute atomic E-state index is 0.168. The van der Waals surface area contributed by atoms with Gasteiger partial charge in [-0.15, -0.1) is 20.3 Å². The lowest BCUT2D eigenvalue weighted by Crippen LogP contribution is -2.47. The third-order valence-corrected chi connectivity index (χ3v) is 7.20. The number of amides is 1. The van der Waals surface area contributed by atoms with Gasteiger partial charge in [0.2, 0.25) is 11.7 Å². The van der Waals surface area contributed by atoms with Gasteiger partial charge < -0.3 is 14.8 Å². The lowest BCUT2D eigenvalue weighted by atomic mass is 9.97. The molecule has 1 amide bonds. The summed E-state index contributed by atoms with van der Waals surface area (Å²) >= 11 is 0. The van der Waals surface area contributed by atoms with Crippen molar-refractivity contribution in [3.8, 4) is 22.5 Å². The largest absolute Gasteiger partial charge is 0.480 e. The second kappa shape index (κ2) is 14.8. The number of carbonyl (C=O) groups is 3. The second-order valence-electron chi connectivity index (χ2n) is 10.8. The molecule has 0 aliphatic rings. The predicted molar refractivity (Wildman–Crippen MR) is 163 cm³/mol. The van der Waals surface area contributed by atoms with E-state index in [0.717, 1.165) is 27.9 Å². The number of carbonyl (C=O) groups excluding carboxylic acids is 2. The van der Waals surface area contributed by atoms with E-state index in [1.54, 1.807) is 26.0 Å². The smallest absolute Gasteiger partial charge is 0.326 e. The molecule has 0 fully saturated rings. The Kier molecular flexibility index (Phi) is 10.7. The van der Waals surface area contributed by atoms with Gasteiger partial charge in [-0.1, -0.05) is 92.7 Å². The van der Waals surface area contributed by atoms with Crippen LogP contribution in [-0.4, -0.2) is 59.1 Å². The first kappa shape index (κ1) is 32.5. The van der Waals surface area contributed by atoms with Gasteiger partial charge in [-0.05, 0) is 51.9 Å². The van der Waals surface area contributed by atoms with E-state index in [4.69, 9.17) is 0 Å². The average molecular weight is 615 g/mol. The number of unbranched alkanes of at least 4 members (excludes halogenated alkanes) is 1. The molecule has 0 radical (unpaired) electrons. The van der Waals surface area contributed by atoms with Gasteiger partial charge in [-0.3, -0.25) is 9.59 Å². The van der Waals surface area contributed by atoms with Crippen molar-refractivity contribution in [2.75, 3.05) is 0 Å². The number of hydrogen-bond acceptors (Lipinski definition) is 9. The number of tetrazole rings is 1. The molecule has 1 atom stereocenters. The van der Waals surface area contributed by atoms with Crippen LogP contribution >= 0.6 is 0 Å². The van der Waals surface area contributed by atoms with E-state index in [2.05, 4.69) is 20.2 Å². The highest BCUT2D eigenvalue weighted by molar-refractivity contribution is 5.95. The minimum atomic E-state index is -1.03. The molecule has 13 heteroatoms. The molecule has 4 rings (SSSR count). The molecule has 0 unspecified atom stereocenters. The van der Waals surface area contributed by atoms with Crippen molar-refractivity contribution >= 4 is 17.8 Å². The summed E-state index contributed by atoms with van der Waals surface area (Å²) in [5, 5.41) is 31.8. The molecular formula is C32H34N6O7. The van der Waals surface area contributed by atoms with Crippen LogP contribution in [-0.2, 0) is 27.6 Å². The van der Waals surface area contributed by atoms with Gasteiger partial charge in [-0.25, -0.2) is 4.79 Å². The maximum absolute atomic E-state index is 13.0. The van der Waals surface area contributed by atoms with Crippen molar-refractivity contribution in [3.05, 3.63) is 99.6 Å². The number of aliphatic carboxylic acids is 1. The summed E-state index contributed by atoms with van der Waals surface area (Å²) in [4.78, 5) is 55.2. The Bertz CT molecular complexity index is 1650. The van der Waals surface area contributed by atoms with Crippen LogP contribution in [0.2, 0.25) is 0 Å². The molecule has 45 heavy (non-hydrogen) atoms. The van der Waals surface area contributed by atoms with E-state index in [9.17, 15) is 29.6 Å². The fraction of sp³-hybridized carbons (Fsp3) is 0.312. The normalized spacial score (nSPS) is 11.6. The summed E-state index contributed by atoms with van der Waals surface area (Å²) in [7, 11) is 0. The molecule has 4 aromatic rings. The first-order valence-corrected chi connectivity index (χ1v) is 14.5. The number of hydrogen-bond donors (Lipinski definition) is 1. The first-order valence-electron chi connectivity index (χ1n) is 14.5. The number of nitrogens with zero attached hydrogens (tertiary/aromatic N) is 6. The van der Waals surface area contributed by atoms with Crippen molar-refractivity contribution < 1.29 is 29.4 Å². The van der Waals surface area contributed by atoms with Crippen molar-refractivity contribution in [2.45, 2.75) is 59.2 Å². The van der Waals surface area contributed by atoms with Crippen LogP contribution in [0.5, 0.6) is 0 Å². The summed E-state index contributed by atoms with van der Waals surface area (Å²) in [6.45, 7) is 5.51. The molecule has 0 aliphatic heterocycles. The van der Waals surface area contributed by atoms with Gasteiger partial charge >= 0.3 is 5.97 Å². The van der Waals surface area contributed by atoms with Gasteiger partial charge in [0, 0.05) is 24.1 Å². The van der Waals surface area contributed by atoms with Gasteiger partial charge in [0.05, 0.1) is 0 Å². The topological polar surface area (TPSA) is 171 Å². The summed E-state index contributed by atoms with van der Waals surface area (Å²) < 4.78 is 0. The van der Waals surface area contributed by atoms with Crippen LogP contribution in [0.1, 0.15) is 61.5 Å². The Morgan fingerprint density at radius 2 is 1.62 bits per heavy atom. The highest BCUT2D eigenvalue weighted by Gasteiger charge is 2.32. The Morgan fingerprint density at radius 3 is 2.22 bits per heavy atom. The van der Waals surface area contributed by atoms with E-state index in [1.165, 1.54) is 17.0 Å². The zero-order chi connectivity index (χ0) is 32.5. The lowest BCUT2D eigenvalue weighted by Gasteiger charge is -2.32. The summed E-state index contributed by atoms with van der Waals surface area (Å²) in [6, 6.07) is 20.0. The van der Waals surface area contributed by atoms with Crippen LogP contribution in [0.15, 0.2) is 72.8 Å². The van der Waals surface area contributed by atoms with Crippen molar-refractivity contribution in [2.24, 2.45) is 5.92 Å². The van der Waals surface area contributed by atoms with Crippen LogP contribution in [0.4, 0.5) is 0 Å². The second-order valence-corrected chi connectivity index (χ2v) is 10.8. The highest BCUT2D eigenvalue weighted by atomic mass is 16.9. The van der Waals surface area contributed by atoms with Gasteiger partial charge in [0.1, 0.15) is 12.6 Å². The fourth-order valence-electron chi connectivity index (χ4n) is 4.90. The SMILES string of the molecule is CCCCC(=O)N(Cc1ccc(-c2ccccc2-c2nnn(C(=O)c3ccc(CO[N+](=O)[O-])cc3)n2)cc1)[C@@H](C(=O)O)C(C)C. The average Bonchev–Trinajstić information content (AvgIpc) is 3.52. The highest BCUT2D eigenvalue weighted by Crippen LogP contribution is 2.30. The Morgan fingerprint density at radius 1 is 0.978 bits per heavy atom. The summed E-state index contributed by atoms with van der Waals surface area (Å²) in [6.07, 6.45) is 1.81. The van der Waals surface area contributed by atoms with E-state index >= 15 is 0 Å². The molecule has 13 nitrogen and oxygen atoms in total. The molecule has 1 aromatic heterocycles. The number of carboxylic acid groups (broad SMARTS) is 1. The molecule has 0 spiro atoms. The Hall–Kier alpha value is -5.46. The quantitative estimate of drug-likeness (QED) is 0.150. The van der Waals surface area contributed by atoms with Crippen molar-refractivity contribution in [1.82, 2.24) is 25.1 Å². The van der Waals surface area contributed by atoms with E-state index < -0.39 is 23.0 Å². The number of aromatic nitrogens is 4. The molecule has 3 aromatic carbocycles. The van der Waals surface area contributed by atoms with Gasteiger partial charge in [0.25, 0.3) is 11.0 Å². The molecule has 0 aliphatic carbocycles. The maximum atomic E-state index is 13.0. The zero-order valence-corrected chi connectivity index (χ0v) is 25.2. The van der Waals surface area contributed by atoms with E-state index in [1.807, 2.05) is 55.5 Å². The summed E-state index contributed by atoms with van der Waals surface area (Å²) in [5.41, 5.74) is 3.82. The van der Waals surface area contributed by atoms with E-state index in [-0.39, 0.29) is 36.4 Å². The number of rotatable bonds is 14. The van der Waals surface area contributed by atoms with Crippen LogP contribution < -0.4 is 0 Å². The molecule has 1 heterocycles. The standard InChI is InChI=1S/C32H34N6O7/c1-4-5-10-28(39)36(29(21(2)3)32(41)42)19-22-11-15-24(16-12-22)26-8-6-7-9-27(26)30-33-35-37(34-30)31(40)25-17-13-23(14-18-25)20-45-38(43)44/h6-9,11-18,21,29H,4-5,10,19-20H2,1-3H3,(H,41,42)/t29-/m1/s1. The lowest BCUT2D eigenvalue weighted by molar-refractivity contribution is -0.763. The molecule has 234 valence electrons.